The van der Waals surface area contributed by atoms with E-state index in [1.54, 1.807) is 20.9 Å². The summed E-state index contributed by atoms with van der Waals surface area (Å²) < 4.78 is 1.52. The number of hydrogen-bond donors (Lipinski definition) is 1. The highest BCUT2D eigenvalue weighted by molar-refractivity contribution is 6.28. The number of rotatable bonds is 0. The molecule has 82 valence electrons. The first-order valence-electron chi connectivity index (χ1n) is 4.06. The van der Waals surface area contributed by atoms with Crippen LogP contribution >= 0.6 is 23.2 Å². The van der Waals surface area contributed by atoms with E-state index in [1.165, 1.54) is 4.68 Å². The van der Waals surface area contributed by atoms with Gasteiger partial charge in [0.1, 0.15) is 11.6 Å². The zero-order valence-electron chi connectivity index (χ0n) is 8.49. The molecule has 0 aromatic carbocycles. The lowest BCUT2D eigenvalue weighted by molar-refractivity contribution is 0.757. The van der Waals surface area contributed by atoms with Crippen LogP contribution in [0.3, 0.4) is 0 Å². The van der Waals surface area contributed by atoms with E-state index in [2.05, 4.69) is 25.3 Å². The van der Waals surface area contributed by atoms with E-state index < -0.39 is 0 Å². The molecule has 6 nitrogen and oxygen atoms in total. The molecule has 8 heteroatoms. The average Bonchev–Trinajstić information content (AvgIpc) is 2.61. The Morgan fingerprint density at radius 3 is 2.00 bits per heavy atom. The van der Waals surface area contributed by atoms with E-state index in [4.69, 9.17) is 23.2 Å². The van der Waals surface area contributed by atoms with Crippen molar-refractivity contribution in [3.8, 4) is 0 Å². The summed E-state index contributed by atoms with van der Waals surface area (Å²) >= 11 is 10.8. The quantitative estimate of drug-likeness (QED) is 0.768. The van der Waals surface area contributed by atoms with Gasteiger partial charge in [0, 0.05) is 7.05 Å². The Morgan fingerprint density at radius 2 is 1.87 bits per heavy atom. The number of nitrogens with zero attached hydrogens (tertiary/aromatic N) is 5. The van der Waals surface area contributed by atoms with Gasteiger partial charge in [-0.1, -0.05) is 0 Å². The van der Waals surface area contributed by atoms with Gasteiger partial charge in [0.25, 0.3) is 0 Å². The van der Waals surface area contributed by atoms with Gasteiger partial charge in [0.05, 0.1) is 0 Å². The second-order valence-corrected chi connectivity index (χ2v) is 3.42. The van der Waals surface area contributed by atoms with Gasteiger partial charge in [-0.15, -0.1) is 5.10 Å². The molecule has 2 heterocycles. The molecule has 2 aromatic heterocycles. The van der Waals surface area contributed by atoms with Gasteiger partial charge in [-0.25, -0.2) is 14.6 Å². The summed E-state index contributed by atoms with van der Waals surface area (Å²) in [6.07, 6.45) is 0. The Kier molecular flexibility index (Phi) is 4.05. The molecule has 0 aliphatic heterocycles. The minimum absolute atomic E-state index is 0.275. The Morgan fingerprint density at radius 1 is 1.20 bits per heavy atom. The molecule has 0 unspecified atom stereocenters. The average molecular weight is 249 g/mol. The van der Waals surface area contributed by atoms with E-state index in [0.717, 1.165) is 5.82 Å². The Labute approximate surface area is 96.6 Å². The van der Waals surface area contributed by atoms with Crippen molar-refractivity contribution in [1.82, 2.24) is 29.9 Å². The molecule has 0 saturated carbocycles. The molecule has 0 saturated heterocycles. The minimum atomic E-state index is 0.275. The first kappa shape index (κ1) is 11.9. The summed E-state index contributed by atoms with van der Waals surface area (Å²) in [5.41, 5.74) is 0. The summed E-state index contributed by atoms with van der Waals surface area (Å²) in [5, 5.41) is 10.7. The second kappa shape index (κ2) is 5.09. The van der Waals surface area contributed by atoms with Crippen LogP contribution in [-0.4, -0.2) is 29.9 Å². The van der Waals surface area contributed by atoms with Crippen LogP contribution < -0.4 is 0 Å². The number of aryl methyl sites for hydroxylation is 3. The molecule has 2 rings (SSSR count). The lowest BCUT2D eigenvalue weighted by Crippen LogP contribution is -1.88. The van der Waals surface area contributed by atoms with Gasteiger partial charge in [0.2, 0.25) is 10.6 Å². The largest absolute Gasteiger partial charge is 0.262 e. The third-order valence-corrected chi connectivity index (χ3v) is 1.88. The van der Waals surface area contributed by atoms with E-state index in [9.17, 15) is 0 Å². The zero-order valence-corrected chi connectivity index (χ0v) is 10.0. The Hall–Kier alpha value is -1.14. The fourth-order valence-electron chi connectivity index (χ4n) is 0.802. The Bertz CT molecular complexity index is 398. The summed E-state index contributed by atoms with van der Waals surface area (Å²) in [5.74, 6) is 1.45. The maximum Gasteiger partial charge on any atom is 0.242 e. The van der Waals surface area contributed by atoms with Gasteiger partial charge >= 0.3 is 0 Å². The van der Waals surface area contributed by atoms with Crippen molar-refractivity contribution in [2.24, 2.45) is 7.05 Å². The van der Waals surface area contributed by atoms with Crippen molar-refractivity contribution in [3.05, 3.63) is 22.2 Å². The van der Waals surface area contributed by atoms with Crippen LogP contribution in [0.1, 0.15) is 11.6 Å². The van der Waals surface area contributed by atoms with Gasteiger partial charge in [-0.2, -0.15) is 5.10 Å². The van der Waals surface area contributed by atoms with Crippen molar-refractivity contribution < 1.29 is 0 Å². The van der Waals surface area contributed by atoms with Crippen molar-refractivity contribution in [3.63, 3.8) is 0 Å². The SMILES string of the molecule is Cc1nc(Cl)n(C)n1.Cc1nc(Cl)n[nH]1. The second-order valence-electron chi connectivity index (χ2n) is 2.74. The molecule has 0 spiro atoms. The molecule has 1 N–H and O–H groups in total. The molecule has 15 heavy (non-hydrogen) atoms. The van der Waals surface area contributed by atoms with Gasteiger partial charge in [0.15, 0.2) is 0 Å². The van der Waals surface area contributed by atoms with Crippen molar-refractivity contribution in [2.45, 2.75) is 13.8 Å². The summed E-state index contributed by atoms with van der Waals surface area (Å²) in [7, 11) is 1.75. The predicted molar refractivity (Wildman–Crippen MR) is 56.9 cm³/mol. The minimum Gasteiger partial charge on any atom is -0.262 e. The van der Waals surface area contributed by atoms with Gasteiger partial charge in [-0.05, 0) is 37.0 Å². The monoisotopic (exact) mass is 248 g/mol. The first-order chi connectivity index (χ1) is 6.99. The molecule has 0 fully saturated rings. The fraction of sp³-hybridized carbons (Fsp3) is 0.429. The van der Waals surface area contributed by atoms with Crippen LogP contribution in [0.15, 0.2) is 0 Å². The van der Waals surface area contributed by atoms with Crippen molar-refractivity contribution in [2.75, 3.05) is 0 Å². The zero-order chi connectivity index (χ0) is 11.4. The lowest BCUT2D eigenvalue weighted by Gasteiger charge is -1.82. The number of halogens is 2. The molecule has 0 bridgehead atoms. The van der Waals surface area contributed by atoms with Crippen LogP contribution in [0, 0.1) is 13.8 Å². The van der Waals surface area contributed by atoms with E-state index in [1.807, 2.05) is 0 Å². The normalized spacial score (nSPS) is 9.67. The fourth-order valence-corrected chi connectivity index (χ4v) is 1.13. The first-order valence-corrected chi connectivity index (χ1v) is 4.82. The molecule has 0 radical (unpaired) electrons. The number of nitrogens with one attached hydrogen (secondary N) is 1. The topological polar surface area (TPSA) is 72.3 Å². The molecule has 0 amide bonds. The van der Waals surface area contributed by atoms with Crippen LogP contribution in [-0.2, 0) is 7.05 Å². The third kappa shape index (κ3) is 3.85. The highest BCUT2D eigenvalue weighted by Gasteiger charge is 1.96. The molecular formula is C7H10Cl2N6. The highest BCUT2D eigenvalue weighted by atomic mass is 35.5. The predicted octanol–water partition coefficient (Wildman–Crippen LogP) is 1.54. The maximum absolute atomic E-state index is 5.52. The van der Waals surface area contributed by atoms with E-state index in [0.29, 0.717) is 11.1 Å². The molecule has 0 atom stereocenters. The van der Waals surface area contributed by atoms with Crippen LogP contribution in [0.5, 0.6) is 0 Å². The van der Waals surface area contributed by atoms with Gasteiger partial charge in [-0.3, -0.25) is 5.10 Å². The molecule has 0 aliphatic carbocycles. The van der Waals surface area contributed by atoms with Crippen LogP contribution in [0.25, 0.3) is 0 Å². The van der Waals surface area contributed by atoms with Crippen LogP contribution in [0.4, 0.5) is 0 Å². The van der Waals surface area contributed by atoms with E-state index >= 15 is 0 Å². The third-order valence-electron chi connectivity index (χ3n) is 1.39. The molecule has 2 aromatic rings. The Balaban J connectivity index is 0.000000151. The smallest absolute Gasteiger partial charge is 0.242 e. The summed E-state index contributed by atoms with van der Waals surface area (Å²) in [6, 6.07) is 0. The van der Waals surface area contributed by atoms with Crippen molar-refractivity contribution in [1.29, 1.82) is 0 Å². The lowest BCUT2D eigenvalue weighted by atomic mass is 10.8. The number of H-pyrrole nitrogens is 1. The number of hydrogen-bond acceptors (Lipinski definition) is 4. The molecule has 0 aliphatic rings. The summed E-state index contributed by atoms with van der Waals surface area (Å²) in [4.78, 5) is 7.54. The number of aromatic amines is 1. The van der Waals surface area contributed by atoms with Crippen LogP contribution in [0.2, 0.25) is 10.6 Å². The number of aromatic nitrogens is 6. The van der Waals surface area contributed by atoms with E-state index in [-0.39, 0.29) is 5.28 Å². The standard InChI is InChI=1S/C4H6ClN3.C3H4ClN3/c1-3-6-4(5)8(2)7-3;1-2-5-3(4)7-6-2/h1-2H3;1H3,(H,5,6,7). The van der Waals surface area contributed by atoms with Crippen molar-refractivity contribution >= 4 is 23.2 Å². The highest BCUT2D eigenvalue weighted by Crippen LogP contribution is 2.00. The molecular weight excluding hydrogens is 239 g/mol. The maximum atomic E-state index is 5.52. The van der Waals surface area contributed by atoms with Gasteiger partial charge < -0.3 is 0 Å². The summed E-state index contributed by atoms with van der Waals surface area (Å²) in [6.45, 7) is 3.59.